The normalized spacial score (nSPS) is 12.3. The zero-order valence-electron chi connectivity index (χ0n) is 18.6. The van der Waals surface area contributed by atoms with Gasteiger partial charge in [-0.05, 0) is 52.8 Å². The summed E-state index contributed by atoms with van der Waals surface area (Å²) < 4.78 is 2.09. The molecule has 5 rings (SSSR count). The number of tetrazole rings is 1. The lowest BCUT2D eigenvalue weighted by Gasteiger charge is -2.14. The summed E-state index contributed by atoms with van der Waals surface area (Å²) in [6.07, 6.45) is 3.98. The fraction of sp³-hybridized carbons (Fsp3) is 0.231. The summed E-state index contributed by atoms with van der Waals surface area (Å²) in [5.74, 6) is 1.10. The molecule has 0 spiro atoms. The van der Waals surface area contributed by atoms with E-state index in [1.54, 1.807) is 0 Å². The number of benzene rings is 2. The Labute approximate surface area is 187 Å². The van der Waals surface area contributed by atoms with Crippen molar-refractivity contribution in [3.05, 3.63) is 89.2 Å². The van der Waals surface area contributed by atoms with Gasteiger partial charge in [0, 0.05) is 23.2 Å². The summed E-state index contributed by atoms with van der Waals surface area (Å²) in [5, 5.41) is 19.2. The smallest absolute Gasteiger partial charge is 0.205 e. The van der Waals surface area contributed by atoms with Crippen LogP contribution >= 0.6 is 0 Å². The fourth-order valence-corrected chi connectivity index (χ4v) is 4.29. The molecule has 1 N–H and O–H groups in total. The Hall–Kier alpha value is -3.80. The van der Waals surface area contributed by atoms with Crippen LogP contribution in [0.25, 0.3) is 28.0 Å². The van der Waals surface area contributed by atoms with Crippen LogP contribution in [0, 0.1) is 6.92 Å². The van der Waals surface area contributed by atoms with Crippen LogP contribution in [0.15, 0.2) is 66.9 Å². The molecule has 0 aliphatic carbocycles. The molecule has 160 valence electrons. The van der Waals surface area contributed by atoms with E-state index in [-0.39, 0.29) is 0 Å². The highest BCUT2D eigenvalue weighted by Crippen LogP contribution is 2.31. The Balaban J connectivity index is 1.48. The third-order valence-corrected chi connectivity index (χ3v) is 6.27. The topological polar surface area (TPSA) is 71.8 Å². The molecule has 1 unspecified atom stereocenters. The standard InChI is InChI=1S/C26H26N6/c1-4-17(2)22-14-9-18(3)32-25(22)21(16-27-32)15-19-10-12-20(13-11-19)23-7-5-6-8-24(23)26-28-30-31-29-26/h5-14,16-17H,4,15H2,1-3H3,(H,28,29,30,31). The molecule has 0 aliphatic rings. The van der Waals surface area contributed by atoms with Crippen molar-refractivity contribution < 1.29 is 0 Å². The second-order valence-corrected chi connectivity index (χ2v) is 8.32. The number of aryl methyl sites for hydroxylation is 1. The first-order valence-corrected chi connectivity index (χ1v) is 11.0. The number of pyridine rings is 1. The minimum absolute atomic E-state index is 0.498. The first kappa shape index (κ1) is 20.1. The molecule has 32 heavy (non-hydrogen) atoms. The number of aromatic amines is 1. The van der Waals surface area contributed by atoms with E-state index in [1.807, 2.05) is 24.4 Å². The van der Waals surface area contributed by atoms with E-state index in [1.165, 1.54) is 22.2 Å². The summed E-state index contributed by atoms with van der Waals surface area (Å²) in [6, 6.07) is 21.3. The zero-order valence-corrected chi connectivity index (χ0v) is 18.6. The molecule has 0 radical (unpaired) electrons. The predicted octanol–water partition coefficient (Wildman–Crippen LogP) is 5.59. The molecule has 0 saturated carbocycles. The lowest BCUT2D eigenvalue weighted by atomic mass is 9.94. The molecule has 2 aromatic carbocycles. The highest BCUT2D eigenvalue weighted by Gasteiger charge is 2.15. The third kappa shape index (κ3) is 3.58. The Morgan fingerprint density at radius 1 is 0.969 bits per heavy atom. The average molecular weight is 423 g/mol. The maximum absolute atomic E-state index is 4.69. The van der Waals surface area contributed by atoms with Crippen molar-refractivity contribution in [1.82, 2.24) is 30.2 Å². The molecule has 6 nitrogen and oxygen atoms in total. The SMILES string of the molecule is CCC(C)c1ccc(C)n2ncc(Cc3ccc(-c4ccccc4-c4nn[nH]n4)cc3)c12. The van der Waals surface area contributed by atoms with Gasteiger partial charge in [-0.15, -0.1) is 10.2 Å². The lowest BCUT2D eigenvalue weighted by Crippen LogP contribution is -2.01. The van der Waals surface area contributed by atoms with Gasteiger partial charge in [0.05, 0.1) is 11.7 Å². The van der Waals surface area contributed by atoms with Crippen molar-refractivity contribution in [1.29, 1.82) is 0 Å². The van der Waals surface area contributed by atoms with Gasteiger partial charge in [0.15, 0.2) is 0 Å². The Morgan fingerprint density at radius 3 is 2.47 bits per heavy atom. The van der Waals surface area contributed by atoms with Gasteiger partial charge in [-0.1, -0.05) is 68.4 Å². The molecule has 0 saturated heterocycles. The van der Waals surface area contributed by atoms with E-state index in [9.17, 15) is 0 Å². The first-order valence-electron chi connectivity index (χ1n) is 11.0. The van der Waals surface area contributed by atoms with Crippen molar-refractivity contribution >= 4 is 5.52 Å². The second-order valence-electron chi connectivity index (χ2n) is 8.32. The van der Waals surface area contributed by atoms with Crippen LogP contribution in [-0.2, 0) is 6.42 Å². The number of hydrogen-bond donors (Lipinski definition) is 1. The number of aromatic nitrogens is 6. The van der Waals surface area contributed by atoms with Crippen LogP contribution in [0.3, 0.4) is 0 Å². The summed E-state index contributed by atoms with van der Waals surface area (Å²) in [6.45, 7) is 6.64. The van der Waals surface area contributed by atoms with E-state index in [0.29, 0.717) is 11.7 Å². The molecular formula is C26H26N6. The largest absolute Gasteiger partial charge is 0.238 e. The van der Waals surface area contributed by atoms with E-state index in [0.717, 1.165) is 35.2 Å². The number of rotatable bonds is 6. The van der Waals surface area contributed by atoms with Gasteiger partial charge in [-0.2, -0.15) is 10.3 Å². The maximum Gasteiger partial charge on any atom is 0.205 e. The average Bonchev–Trinajstić information content (AvgIpc) is 3.51. The highest BCUT2D eigenvalue weighted by atomic mass is 15.5. The number of hydrogen-bond acceptors (Lipinski definition) is 4. The van der Waals surface area contributed by atoms with E-state index in [4.69, 9.17) is 5.10 Å². The zero-order chi connectivity index (χ0) is 22.1. The van der Waals surface area contributed by atoms with Crippen LogP contribution < -0.4 is 0 Å². The van der Waals surface area contributed by atoms with Crippen molar-refractivity contribution in [2.75, 3.05) is 0 Å². The lowest BCUT2D eigenvalue weighted by molar-refractivity contribution is 0.730. The molecule has 5 aromatic rings. The summed E-state index contributed by atoms with van der Waals surface area (Å²) in [4.78, 5) is 0. The fourth-order valence-electron chi connectivity index (χ4n) is 4.29. The van der Waals surface area contributed by atoms with Crippen LogP contribution in [-0.4, -0.2) is 30.2 Å². The first-order chi connectivity index (χ1) is 15.7. The van der Waals surface area contributed by atoms with Crippen LogP contribution in [0.2, 0.25) is 0 Å². The highest BCUT2D eigenvalue weighted by molar-refractivity contribution is 5.80. The molecule has 3 heterocycles. The van der Waals surface area contributed by atoms with Crippen LogP contribution in [0.5, 0.6) is 0 Å². The summed E-state index contributed by atoms with van der Waals surface area (Å²) in [5.41, 5.74) is 9.50. The minimum Gasteiger partial charge on any atom is -0.238 e. The van der Waals surface area contributed by atoms with Crippen molar-refractivity contribution in [2.24, 2.45) is 0 Å². The molecule has 3 aromatic heterocycles. The molecule has 0 fully saturated rings. The molecule has 1 atom stereocenters. The number of nitrogens with zero attached hydrogens (tertiary/aromatic N) is 5. The summed E-state index contributed by atoms with van der Waals surface area (Å²) in [7, 11) is 0. The quantitative estimate of drug-likeness (QED) is 0.387. The molecule has 0 amide bonds. The maximum atomic E-state index is 4.69. The number of fused-ring (bicyclic) bond motifs is 1. The van der Waals surface area contributed by atoms with Gasteiger partial charge in [-0.3, -0.25) is 0 Å². The Kier molecular flexibility index (Phi) is 5.27. The summed E-state index contributed by atoms with van der Waals surface area (Å²) >= 11 is 0. The van der Waals surface area contributed by atoms with Crippen molar-refractivity contribution in [3.8, 4) is 22.5 Å². The molecule has 6 heteroatoms. The van der Waals surface area contributed by atoms with Crippen LogP contribution in [0.1, 0.15) is 48.6 Å². The predicted molar refractivity (Wildman–Crippen MR) is 126 cm³/mol. The Bertz CT molecular complexity index is 1350. The van der Waals surface area contributed by atoms with Gasteiger partial charge in [0.1, 0.15) is 0 Å². The van der Waals surface area contributed by atoms with Crippen molar-refractivity contribution in [3.63, 3.8) is 0 Å². The second kappa shape index (κ2) is 8.38. The monoisotopic (exact) mass is 422 g/mol. The molecular weight excluding hydrogens is 396 g/mol. The van der Waals surface area contributed by atoms with Gasteiger partial charge in [0.2, 0.25) is 5.82 Å². The van der Waals surface area contributed by atoms with E-state index >= 15 is 0 Å². The van der Waals surface area contributed by atoms with Gasteiger partial charge < -0.3 is 0 Å². The van der Waals surface area contributed by atoms with Gasteiger partial charge >= 0.3 is 0 Å². The molecule has 0 bridgehead atoms. The van der Waals surface area contributed by atoms with Gasteiger partial charge in [0.25, 0.3) is 0 Å². The number of nitrogens with one attached hydrogen (secondary N) is 1. The van der Waals surface area contributed by atoms with E-state index in [2.05, 4.69) is 88.4 Å². The Morgan fingerprint density at radius 2 is 1.75 bits per heavy atom. The van der Waals surface area contributed by atoms with Gasteiger partial charge in [-0.25, -0.2) is 4.52 Å². The van der Waals surface area contributed by atoms with E-state index < -0.39 is 0 Å². The van der Waals surface area contributed by atoms with Crippen LogP contribution in [0.4, 0.5) is 0 Å². The van der Waals surface area contributed by atoms with Crippen molar-refractivity contribution in [2.45, 2.75) is 39.5 Å². The third-order valence-electron chi connectivity index (χ3n) is 6.27. The number of H-pyrrole nitrogens is 1. The minimum atomic E-state index is 0.498. The molecule has 0 aliphatic heterocycles.